The van der Waals surface area contributed by atoms with Gasteiger partial charge in [0.2, 0.25) is 5.91 Å². The minimum Gasteiger partial charge on any atom is -0.350 e. The smallest absolute Gasteiger partial charge is 0.264 e. The van der Waals surface area contributed by atoms with E-state index in [1.807, 2.05) is 48.7 Å². The van der Waals surface area contributed by atoms with Crippen molar-refractivity contribution in [2.24, 2.45) is 0 Å². The maximum absolute atomic E-state index is 12.7. The number of carbonyl (C=O) groups is 1. The predicted octanol–water partition coefficient (Wildman–Crippen LogP) is 2.54. The van der Waals surface area contributed by atoms with Crippen LogP contribution in [0.3, 0.4) is 0 Å². The van der Waals surface area contributed by atoms with Crippen LogP contribution in [0.1, 0.15) is 10.4 Å². The van der Waals surface area contributed by atoms with E-state index in [2.05, 4.69) is 20.3 Å². The first-order valence-electron chi connectivity index (χ1n) is 8.68. The molecule has 1 amide bonds. The summed E-state index contributed by atoms with van der Waals surface area (Å²) in [5.74, 6) is 0.250. The molecular formula is C20H17N5O2S. The first kappa shape index (κ1) is 18.0. The maximum Gasteiger partial charge on any atom is 0.264 e. The highest BCUT2D eigenvalue weighted by Crippen LogP contribution is 2.16. The highest BCUT2D eigenvalue weighted by Gasteiger charge is 2.11. The van der Waals surface area contributed by atoms with Gasteiger partial charge in [-0.1, -0.05) is 35.9 Å². The Labute approximate surface area is 164 Å². The van der Waals surface area contributed by atoms with Crippen molar-refractivity contribution >= 4 is 28.3 Å². The molecule has 0 aliphatic rings. The average molecular weight is 391 g/mol. The number of benzene rings is 1. The standard InChI is InChI=1S/C20H17N5O2S/c1-13-4-6-14(7-5-13)18-22-10-16-19(24-18)23-12-25(20(16)27)11-17(26)21-9-15-3-2-8-28-15/h2-8,10,12H,9,11H2,1H3,(H,21,26). The van der Waals surface area contributed by atoms with Crippen molar-refractivity contribution in [1.82, 2.24) is 24.8 Å². The van der Waals surface area contributed by atoms with Crippen molar-refractivity contribution in [2.75, 3.05) is 0 Å². The van der Waals surface area contributed by atoms with E-state index in [4.69, 9.17) is 0 Å². The summed E-state index contributed by atoms with van der Waals surface area (Å²) in [6.07, 6.45) is 2.81. The van der Waals surface area contributed by atoms with Gasteiger partial charge in [0.15, 0.2) is 11.5 Å². The number of aryl methyl sites for hydroxylation is 1. The van der Waals surface area contributed by atoms with E-state index >= 15 is 0 Å². The average Bonchev–Trinajstić information content (AvgIpc) is 3.23. The lowest BCUT2D eigenvalue weighted by atomic mass is 10.1. The first-order valence-corrected chi connectivity index (χ1v) is 9.56. The zero-order chi connectivity index (χ0) is 19.5. The van der Waals surface area contributed by atoms with Gasteiger partial charge in [-0.2, -0.15) is 0 Å². The fourth-order valence-corrected chi connectivity index (χ4v) is 3.36. The second kappa shape index (κ2) is 7.69. The number of hydrogen-bond donors (Lipinski definition) is 1. The van der Waals surface area contributed by atoms with Gasteiger partial charge in [0.05, 0.1) is 6.54 Å². The monoisotopic (exact) mass is 391 g/mol. The van der Waals surface area contributed by atoms with Gasteiger partial charge in [0.25, 0.3) is 5.56 Å². The maximum atomic E-state index is 12.7. The SMILES string of the molecule is Cc1ccc(-c2ncc3c(=O)n(CC(=O)NCc4cccs4)cnc3n2)cc1. The van der Waals surface area contributed by atoms with Crippen LogP contribution in [0.4, 0.5) is 0 Å². The third kappa shape index (κ3) is 3.81. The zero-order valence-electron chi connectivity index (χ0n) is 15.1. The van der Waals surface area contributed by atoms with Gasteiger partial charge >= 0.3 is 0 Å². The number of nitrogens with zero attached hydrogens (tertiary/aromatic N) is 4. The van der Waals surface area contributed by atoms with Gasteiger partial charge in [-0.3, -0.25) is 14.2 Å². The normalized spacial score (nSPS) is 10.9. The van der Waals surface area contributed by atoms with Crippen LogP contribution in [0.2, 0.25) is 0 Å². The van der Waals surface area contributed by atoms with E-state index in [1.165, 1.54) is 17.1 Å². The van der Waals surface area contributed by atoms with Crippen LogP contribution in [-0.2, 0) is 17.9 Å². The van der Waals surface area contributed by atoms with Gasteiger partial charge in [-0.15, -0.1) is 11.3 Å². The first-order chi connectivity index (χ1) is 13.6. The molecule has 0 aliphatic heterocycles. The highest BCUT2D eigenvalue weighted by atomic mass is 32.1. The number of carbonyl (C=O) groups excluding carboxylic acids is 1. The van der Waals surface area contributed by atoms with Crippen molar-refractivity contribution in [3.05, 3.63) is 75.1 Å². The van der Waals surface area contributed by atoms with Crippen LogP contribution in [0.25, 0.3) is 22.4 Å². The lowest BCUT2D eigenvalue weighted by molar-refractivity contribution is -0.121. The fraction of sp³-hybridized carbons (Fsp3) is 0.150. The Balaban J connectivity index is 1.55. The molecule has 7 nitrogen and oxygen atoms in total. The summed E-state index contributed by atoms with van der Waals surface area (Å²) in [7, 11) is 0. The molecule has 8 heteroatoms. The van der Waals surface area contributed by atoms with E-state index in [-0.39, 0.29) is 23.4 Å². The molecule has 0 saturated heterocycles. The number of hydrogen-bond acceptors (Lipinski definition) is 6. The van der Waals surface area contributed by atoms with Gasteiger partial charge in [-0.05, 0) is 18.4 Å². The van der Waals surface area contributed by atoms with Gasteiger partial charge < -0.3 is 5.32 Å². The fourth-order valence-electron chi connectivity index (χ4n) is 2.72. The second-order valence-corrected chi connectivity index (χ2v) is 7.36. The Morgan fingerprint density at radius 2 is 2.00 bits per heavy atom. The second-order valence-electron chi connectivity index (χ2n) is 6.33. The molecule has 4 rings (SSSR count). The van der Waals surface area contributed by atoms with Crippen molar-refractivity contribution in [1.29, 1.82) is 0 Å². The Morgan fingerprint density at radius 1 is 1.18 bits per heavy atom. The Bertz CT molecular complexity index is 1180. The third-order valence-electron chi connectivity index (χ3n) is 4.24. The molecule has 4 aromatic rings. The lowest BCUT2D eigenvalue weighted by Gasteiger charge is -2.08. The molecule has 140 valence electrons. The van der Waals surface area contributed by atoms with Crippen LogP contribution < -0.4 is 10.9 Å². The molecule has 1 aromatic carbocycles. The summed E-state index contributed by atoms with van der Waals surface area (Å²) in [4.78, 5) is 38.8. The molecule has 3 aromatic heterocycles. The molecule has 0 atom stereocenters. The van der Waals surface area contributed by atoms with Crippen molar-refractivity contribution in [3.63, 3.8) is 0 Å². The molecule has 0 unspecified atom stereocenters. The minimum absolute atomic E-state index is 0.104. The summed E-state index contributed by atoms with van der Waals surface area (Å²) >= 11 is 1.56. The summed E-state index contributed by atoms with van der Waals surface area (Å²) in [6.45, 7) is 2.34. The number of amides is 1. The van der Waals surface area contributed by atoms with Crippen LogP contribution in [0, 0.1) is 6.92 Å². The number of aromatic nitrogens is 4. The van der Waals surface area contributed by atoms with E-state index < -0.39 is 0 Å². The molecule has 0 bridgehead atoms. The Morgan fingerprint density at radius 3 is 2.75 bits per heavy atom. The molecular weight excluding hydrogens is 374 g/mol. The molecule has 0 spiro atoms. The van der Waals surface area contributed by atoms with Crippen LogP contribution in [-0.4, -0.2) is 25.4 Å². The largest absolute Gasteiger partial charge is 0.350 e. The number of nitrogens with one attached hydrogen (secondary N) is 1. The Hall–Kier alpha value is -3.39. The van der Waals surface area contributed by atoms with E-state index in [1.54, 1.807) is 11.3 Å². The van der Waals surface area contributed by atoms with Crippen molar-refractivity contribution in [2.45, 2.75) is 20.0 Å². The molecule has 0 saturated carbocycles. The molecule has 0 aliphatic carbocycles. The molecule has 28 heavy (non-hydrogen) atoms. The number of rotatable bonds is 5. The number of fused-ring (bicyclic) bond motifs is 1. The van der Waals surface area contributed by atoms with Crippen LogP contribution in [0.5, 0.6) is 0 Å². The van der Waals surface area contributed by atoms with Gasteiger partial charge in [0.1, 0.15) is 18.3 Å². The highest BCUT2D eigenvalue weighted by molar-refractivity contribution is 7.09. The minimum atomic E-state index is -0.341. The summed E-state index contributed by atoms with van der Waals surface area (Å²) < 4.78 is 1.26. The molecule has 1 N–H and O–H groups in total. The zero-order valence-corrected chi connectivity index (χ0v) is 15.9. The molecule has 0 radical (unpaired) electrons. The van der Waals surface area contributed by atoms with Gasteiger partial charge in [-0.25, -0.2) is 15.0 Å². The molecule has 3 heterocycles. The van der Waals surface area contributed by atoms with E-state index in [0.29, 0.717) is 18.0 Å². The molecule has 0 fully saturated rings. The quantitative estimate of drug-likeness (QED) is 0.565. The van der Waals surface area contributed by atoms with Crippen molar-refractivity contribution < 1.29 is 4.79 Å². The van der Waals surface area contributed by atoms with Crippen molar-refractivity contribution in [3.8, 4) is 11.4 Å². The predicted molar refractivity (Wildman–Crippen MR) is 108 cm³/mol. The lowest BCUT2D eigenvalue weighted by Crippen LogP contribution is -2.32. The van der Waals surface area contributed by atoms with Crippen LogP contribution >= 0.6 is 11.3 Å². The van der Waals surface area contributed by atoms with E-state index in [9.17, 15) is 9.59 Å². The number of thiophene rings is 1. The van der Waals surface area contributed by atoms with E-state index in [0.717, 1.165) is 16.0 Å². The third-order valence-corrected chi connectivity index (χ3v) is 5.12. The topological polar surface area (TPSA) is 89.8 Å². The Kier molecular flexibility index (Phi) is 4.94. The van der Waals surface area contributed by atoms with Crippen LogP contribution in [0.15, 0.2) is 59.1 Å². The summed E-state index contributed by atoms with van der Waals surface area (Å²) in [5, 5.41) is 5.03. The summed E-state index contributed by atoms with van der Waals surface area (Å²) in [5.41, 5.74) is 1.96. The van der Waals surface area contributed by atoms with Gasteiger partial charge in [0, 0.05) is 16.6 Å². The summed E-state index contributed by atoms with van der Waals surface area (Å²) in [6, 6.07) is 11.7.